The summed E-state index contributed by atoms with van der Waals surface area (Å²) in [7, 11) is 2.00. The minimum absolute atomic E-state index is 0.0553. The van der Waals surface area contributed by atoms with Gasteiger partial charge in [0.2, 0.25) is 0 Å². The molecule has 0 atom stereocenters. The smallest absolute Gasteiger partial charge is 0.256 e. The minimum atomic E-state index is -1.27. The fraction of sp³-hybridized carbons (Fsp3) is 0.480. The summed E-state index contributed by atoms with van der Waals surface area (Å²) in [6, 6.07) is 6.28. The molecule has 2 aromatic carbocycles. The predicted octanol–water partition coefficient (Wildman–Crippen LogP) is 3.91. The molecule has 34 heavy (non-hydrogen) atoms. The van der Waals surface area contributed by atoms with Crippen LogP contribution in [0, 0.1) is 24.4 Å². The molecular weight excluding hydrogens is 445 g/mol. The molecule has 0 saturated carbocycles. The third-order valence-corrected chi connectivity index (χ3v) is 5.63. The Kier molecular flexibility index (Phi) is 9.90. The maximum absolute atomic E-state index is 14.6. The van der Waals surface area contributed by atoms with Crippen LogP contribution in [-0.2, 0) is 0 Å². The number of likely N-dealkylation sites (N-methyl/N-ethyl adjacent to an activating group) is 1. The number of anilines is 2. The van der Waals surface area contributed by atoms with Crippen molar-refractivity contribution >= 4 is 17.3 Å². The Morgan fingerprint density at radius 1 is 1.15 bits per heavy atom. The van der Waals surface area contributed by atoms with E-state index >= 15 is 0 Å². The van der Waals surface area contributed by atoms with Gasteiger partial charge in [0.1, 0.15) is 11.4 Å². The second kappa shape index (κ2) is 12.2. The standard InChI is InChI=1S/C23H29F3N4O2.C2H6/c1-4-29(3)10-9-27-12-23(32)13-30(14-23)22(31)16-6-7-17(24)20(26)21(16)28-19-8-5-15(2)11-18(19)25;1-2/h5-8,11,27-28,32H,4,9-10,12-14H2,1-3H3;1-2H3. The van der Waals surface area contributed by atoms with Crippen LogP contribution in [-0.4, -0.2) is 72.7 Å². The van der Waals surface area contributed by atoms with Crippen LogP contribution >= 0.6 is 0 Å². The fourth-order valence-electron chi connectivity index (χ4n) is 3.55. The maximum Gasteiger partial charge on any atom is 0.256 e. The molecule has 9 heteroatoms. The number of carbonyl (C=O) groups excluding carboxylic acids is 1. The number of hydrogen-bond acceptors (Lipinski definition) is 5. The van der Waals surface area contributed by atoms with Gasteiger partial charge < -0.3 is 25.5 Å². The summed E-state index contributed by atoms with van der Waals surface area (Å²) < 4.78 is 42.7. The number of nitrogens with one attached hydrogen (secondary N) is 2. The number of aliphatic hydroxyl groups is 1. The van der Waals surface area contributed by atoms with Crippen LogP contribution in [0.2, 0.25) is 0 Å². The Morgan fingerprint density at radius 2 is 1.82 bits per heavy atom. The number of aryl methyl sites for hydroxylation is 1. The molecule has 1 aliphatic heterocycles. The second-order valence-corrected chi connectivity index (χ2v) is 8.35. The van der Waals surface area contributed by atoms with Gasteiger partial charge in [0.15, 0.2) is 11.6 Å². The largest absolute Gasteiger partial charge is 0.385 e. The summed E-state index contributed by atoms with van der Waals surface area (Å²) >= 11 is 0. The van der Waals surface area contributed by atoms with Crippen molar-refractivity contribution in [3.63, 3.8) is 0 Å². The zero-order chi connectivity index (χ0) is 25.5. The van der Waals surface area contributed by atoms with Gasteiger partial charge in [-0.15, -0.1) is 0 Å². The average molecular weight is 481 g/mol. The first kappa shape index (κ1) is 27.6. The molecule has 0 radical (unpaired) electrons. The summed E-state index contributed by atoms with van der Waals surface area (Å²) in [4.78, 5) is 16.4. The lowest BCUT2D eigenvalue weighted by molar-refractivity contribution is -0.0785. The van der Waals surface area contributed by atoms with Crippen LogP contribution in [0.3, 0.4) is 0 Å². The first-order valence-electron chi connectivity index (χ1n) is 11.6. The number of hydrogen-bond donors (Lipinski definition) is 3. The van der Waals surface area contributed by atoms with Crippen molar-refractivity contribution in [3.05, 3.63) is 58.9 Å². The Hall–Kier alpha value is -2.62. The summed E-state index contributed by atoms with van der Waals surface area (Å²) in [5.74, 6) is -3.65. The molecule has 0 bridgehead atoms. The zero-order valence-electron chi connectivity index (χ0n) is 20.5. The van der Waals surface area contributed by atoms with Gasteiger partial charge in [0, 0.05) is 19.6 Å². The Bertz CT molecular complexity index is 981. The quantitative estimate of drug-likeness (QED) is 0.475. The number of rotatable bonds is 9. The Labute approximate surface area is 199 Å². The summed E-state index contributed by atoms with van der Waals surface area (Å²) in [6.07, 6.45) is 0. The normalized spacial score (nSPS) is 14.4. The van der Waals surface area contributed by atoms with Crippen LogP contribution in [0.4, 0.5) is 24.5 Å². The lowest BCUT2D eigenvalue weighted by Gasteiger charge is -2.46. The van der Waals surface area contributed by atoms with Crippen LogP contribution in [0.15, 0.2) is 30.3 Å². The summed E-state index contributed by atoms with van der Waals surface area (Å²) in [6.45, 7) is 10.6. The molecular formula is C25H35F3N4O2. The van der Waals surface area contributed by atoms with Gasteiger partial charge in [-0.3, -0.25) is 4.79 Å². The molecule has 1 heterocycles. The second-order valence-electron chi connectivity index (χ2n) is 8.35. The number of nitrogens with zero attached hydrogens (tertiary/aromatic N) is 2. The van der Waals surface area contributed by atoms with E-state index in [9.17, 15) is 23.1 Å². The molecule has 0 aromatic heterocycles. The molecule has 1 amide bonds. The monoisotopic (exact) mass is 480 g/mol. The molecule has 6 nitrogen and oxygen atoms in total. The molecule has 0 unspecified atom stereocenters. The predicted molar refractivity (Wildman–Crippen MR) is 129 cm³/mol. The van der Waals surface area contributed by atoms with E-state index in [1.54, 1.807) is 13.0 Å². The van der Waals surface area contributed by atoms with E-state index in [1.165, 1.54) is 17.0 Å². The Morgan fingerprint density at radius 3 is 2.44 bits per heavy atom. The molecule has 1 aliphatic rings. The van der Waals surface area contributed by atoms with Crippen molar-refractivity contribution in [2.75, 3.05) is 51.6 Å². The highest BCUT2D eigenvalue weighted by atomic mass is 19.2. The minimum Gasteiger partial charge on any atom is -0.385 e. The van der Waals surface area contributed by atoms with Gasteiger partial charge in [-0.05, 0) is 50.3 Å². The van der Waals surface area contributed by atoms with Crippen molar-refractivity contribution in [3.8, 4) is 0 Å². The lowest BCUT2D eigenvalue weighted by Crippen LogP contribution is -2.67. The van der Waals surface area contributed by atoms with E-state index in [0.717, 1.165) is 25.2 Å². The highest BCUT2D eigenvalue weighted by Gasteiger charge is 2.44. The van der Waals surface area contributed by atoms with Gasteiger partial charge in [-0.25, -0.2) is 13.2 Å². The number of benzene rings is 2. The molecule has 0 spiro atoms. The van der Waals surface area contributed by atoms with Crippen LogP contribution < -0.4 is 10.6 Å². The van der Waals surface area contributed by atoms with Gasteiger partial charge in [-0.2, -0.15) is 0 Å². The number of likely N-dealkylation sites (tertiary alicyclic amines) is 1. The highest BCUT2D eigenvalue weighted by Crippen LogP contribution is 2.31. The molecule has 2 aromatic rings. The molecule has 0 aliphatic carbocycles. The van der Waals surface area contributed by atoms with Gasteiger partial charge >= 0.3 is 0 Å². The topological polar surface area (TPSA) is 67.8 Å². The van der Waals surface area contributed by atoms with Crippen molar-refractivity contribution in [2.24, 2.45) is 0 Å². The van der Waals surface area contributed by atoms with Gasteiger partial charge in [0.25, 0.3) is 5.91 Å². The Balaban J connectivity index is 0.00000199. The average Bonchev–Trinajstić information content (AvgIpc) is 2.80. The van der Waals surface area contributed by atoms with Gasteiger partial charge in [-0.1, -0.05) is 26.8 Å². The molecule has 1 saturated heterocycles. The van der Waals surface area contributed by atoms with Crippen molar-refractivity contribution in [1.29, 1.82) is 0 Å². The van der Waals surface area contributed by atoms with Crippen molar-refractivity contribution < 1.29 is 23.1 Å². The fourth-order valence-corrected chi connectivity index (χ4v) is 3.55. The summed E-state index contributed by atoms with van der Waals surface area (Å²) in [5, 5.41) is 16.3. The van der Waals surface area contributed by atoms with Crippen molar-refractivity contribution in [1.82, 2.24) is 15.1 Å². The molecule has 3 rings (SSSR count). The zero-order valence-corrected chi connectivity index (χ0v) is 20.5. The van der Waals surface area contributed by atoms with E-state index < -0.39 is 34.6 Å². The summed E-state index contributed by atoms with van der Waals surface area (Å²) in [5.41, 5.74) is -1.07. The van der Waals surface area contributed by atoms with E-state index in [2.05, 4.69) is 22.5 Å². The number of β-amino-alcohol motifs (C(OH)–C–C–N with tert-alkyl or cyclic N) is 1. The van der Waals surface area contributed by atoms with E-state index in [1.807, 2.05) is 20.9 Å². The van der Waals surface area contributed by atoms with E-state index in [4.69, 9.17) is 0 Å². The van der Waals surface area contributed by atoms with Crippen LogP contribution in [0.25, 0.3) is 0 Å². The number of halogens is 3. The molecule has 188 valence electrons. The first-order chi connectivity index (χ1) is 16.1. The molecule has 3 N–H and O–H groups in total. The van der Waals surface area contributed by atoms with Crippen molar-refractivity contribution in [2.45, 2.75) is 33.3 Å². The SMILES string of the molecule is CC.CCN(C)CCNCC1(O)CN(C(=O)c2ccc(F)c(F)c2Nc2ccc(C)cc2F)C1. The first-order valence-corrected chi connectivity index (χ1v) is 11.6. The maximum atomic E-state index is 14.6. The van der Waals surface area contributed by atoms with E-state index in [0.29, 0.717) is 18.7 Å². The van der Waals surface area contributed by atoms with E-state index in [-0.39, 0.29) is 24.3 Å². The third-order valence-electron chi connectivity index (χ3n) is 5.63. The third kappa shape index (κ3) is 6.71. The number of carbonyl (C=O) groups is 1. The van der Waals surface area contributed by atoms with Gasteiger partial charge in [0.05, 0.1) is 30.0 Å². The van der Waals surface area contributed by atoms with Crippen LogP contribution in [0.5, 0.6) is 0 Å². The van der Waals surface area contributed by atoms with Crippen LogP contribution in [0.1, 0.15) is 36.7 Å². The highest BCUT2D eigenvalue weighted by molar-refractivity contribution is 6.01. The number of amides is 1. The molecule has 1 fully saturated rings. The lowest BCUT2D eigenvalue weighted by atomic mass is 9.92.